The average molecular weight is 356 g/mol. The van der Waals surface area contributed by atoms with E-state index in [1.165, 1.54) is 6.92 Å². The monoisotopic (exact) mass is 356 g/mol. The zero-order chi connectivity index (χ0) is 17.6. The van der Waals surface area contributed by atoms with Gasteiger partial charge in [0.05, 0.1) is 5.56 Å². The molecule has 5 heteroatoms. The number of thioether (sulfide) groups is 1. The molecule has 0 N–H and O–H groups in total. The molecule has 0 radical (unpaired) electrons. The summed E-state index contributed by atoms with van der Waals surface area (Å²) in [5.74, 6) is -0.593. The predicted molar refractivity (Wildman–Crippen MR) is 98.3 cm³/mol. The highest BCUT2D eigenvalue weighted by Crippen LogP contribution is 2.34. The van der Waals surface area contributed by atoms with E-state index in [9.17, 15) is 9.59 Å². The number of ether oxygens (including phenoxy) is 2. The van der Waals surface area contributed by atoms with Gasteiger partial charge in [0, 0.05) is 12.2 Å². The first-order valence-electron chi connectivity index (χ1n) is 8.27. The highest BCUT2D eigenvalue weighted by molar-refractivity contribution is 8.00. The van der Waals surface area contributed by atoms with Crippen molar-refractivity contribution in [2.45, 2.75) is 30.5 Å². The smallest absolute Gasteiger partial charge is 0.338 e. The summed E-state index contributed by atoms with van der Waals surface area (Å²) >= 11 is 1.56. The van der Waals surface area contributed by atoms with Crippen LogP contribution in [0.25, 0.3) is 11.1 Å². The summed E-state index contributed by atoms with van der Waals surface area (Å²) in [4.78, 5) is 23.2. The summed E-state index contributed by atoms with van der Waals surface area (Å²) in [5, 5.41) is 0.178. The Morgan fingerprint density at radius 3 is 2.36 bits per heavy atom. The lowest BCUT2D eigenvalue weighted by molar-refractivity contribution is -0.142. The molecule has 1 saturated heterocycles. The van der Waals surface area contributed by atoms with E-state index < -0.39 is 0 Å². The summed E-state index contributed by atoms with van der Waals surface area (Å²) in [7, 11) is 0. The molecule has 0 aliphatic carbocycles. The lowest BCUT2D eigenvalue weighted by atomic mass is 10.0. The van der Waals surface area contributed by atoms with Gasteiger partial charge in [-0.3, -0.25) is 4.79 Å². The molecule has 1 fully saturated rings. The molecule has 0 amide bonds. The van der Waals surface area contributed by atoms with Gasteiger partial charge in [-0.1, -0.05) is 42.5 Å². The van der Waals surface area contributed by atoms with Gasteiger partial charge in [0.2, 0.25) is 0 Å². The number of rotatable bonds is 5. The van der Waals surface area contributed by atoms with E-state index in [2.05, 4.69) is 0 Å². The van der Waals surface area contributed by atoms with Crippen LogP contribution in [0.15, 0.2) is 54.6 Å². The topological polar surface area (TPSA) is 52.6 Å². The minimum Gasteiger partial charge on any atom is -0.461 e. The van der Waals surface area contributed by atoms with Crippen LogP contribution in [0.2, 0.25) is 0 Å². The Kier molecular flexibility index (Phi) is 5.76. The zero-order valence-electron chi connectivity index (χ0n) is 14.0. The van der Waals surface area contributed by atoms with Gasteiger partial charge in [0.25, 0.3) is 0 Å². The van der Waals surface area contributed by atoms with E-state index in [1.54, 1.807) is 23.9 Å². The van der Waals surface area contributed by atoms with Crippen molar-refractivity contribution in [3.63, 3.8) is 0 Å². The van der Waals surface area contributed by atoms with E-state index in [-0.39, 0.29) is 22.6 Å². The fourth-order valence-electron chi connectivity index (χ4n) is 2.75. The molecule has 25 heavy (non-hydrogen) atoms. The Labute approximate surface area is 151 Å². The van der Waals surface area contributed by atoms with Gasteiger partial charge in [-0.2, -0.15) is 0 Å². The fourth-order valence-corrected chi connectivity index (χ4v) is 4.06. The standard InChI is InChI=1S/C20H20O4S/c1-14(21)24-19-12-11-18(25-19)13-23-20(22)17-9-7-16(8-10-17)15-5-3-2-4-6-15/h2-10,18-19H,11-13H2,1H3/t18-,19?/m0/s1. The number of hydrogen-bond acceptors (Lipinski definition) is 5. The van der Waals surface area contributed by atoms with Gasteiger partial charge in [0.15, 0.2) is 0 Å². The first-order chi connectivity index (χ1) is 12.1. The van der Waals surface area contributed by atoms with E-state index in [0.717, 1.165) is 24.0 Å². The Morgan fingerprint density at radius 1 is 1.00 bits per heavy atom. The molecule has 4 nitrogen and oxygen atoms in total. The van der Waals surface area contributed by atoms with Crippen molar-refractivity contribution in [2.75, 3.05) is 6.61 Å². The molecule has 0 bridgehead atoms. The minimum atomic E-state index is -0.323. The van der Waals surface area contributed by atoms with Crippen molar-refractivity contribution in [2.24, 2.45) is 0 Å². The second-order valence-corrected chi connectivity index (χ2v) is 7.38. The molecular weight excluding hydrogens is 336 g/mol. The SMILES string of the molecule is CC(=O)OC1CC[C@@H](COC(=O)c2ccc(-c3ccccc3)cc2)S1. The molecule has 1 aliphatic rings. The largest absolute Gasteiger partial charge is 0.461 e. The van der Waals surface area contributed by atoms with E-state index in [4.69, 9.17) is 9.47 Å². The highest BCUT2D eigenvalue weighted by Gasteiger charge is 2.28. The third-order valence-electron chi connectivity index (χ3n) is 3.99. The van der Waals surface area contributed by atoms with E-state index in [0.29, 0.717) is 12.2 Å². The molecule has 0 spiro atoms. The number of benzene rings is 2. The maximum absolute atomic E-state index is 12.2. The van der Waals surface area contributed by atoms with Crippen LogP contribution < -0.4 is 0 Å². The molecule has 130 valence electrons. The normalized spacial score (nSPS) is 19.4. The maximum atomic E-state index is 12.2. The third-order valence-corrected chi connectivity index (χ3v) is 5.39. The van der Waals surface area contributed by atoms with Gasteiger partial charge in [0.1, 0.15) is 12.0 Å². The summed E-state index contributed by atoms with van der Waals surface area (Å²) in [5.41, 5.74) is 2.60. The quantitative estimate of drug-likeness (QED) is 0.748. The van der Waals surface area contributed by atoms with Gasteiger partial charge >= 0.3 is 11.9 Å². The number of hydrogen-bond donors (Lipinski definition) is 0. The fraction of sp³-hybridized carbons (Fsp3) is 0.300. The van der Waals surface area contributed by atoms with Crippen LogP contribution in [0.4, 0.5) is 0 Å². The zero-order valence-corrected chi connectivity index (χ0v) is 14.8. The lowest BCUT2D eigenvalue weighted by Crippen LogP contribution is -2.14. The van der Waals surface area contributed by atoms with Crippen LogP contribution in [0.5, 0.6) is 0 Å². The van der Waals surface area contributed by atoms with Crippen LogP contribution in [0, 0.1) is 0 Å². The van der Waals surface area contributed by atoms with Crippen LogP contribution in [-0.4, -0.2) is 29.2 Å². The maximum Gasteiger partial charge on any atom is 0.338 e. The molecule has 2 atom stereocenters. The third kappa shape index (κ3) is 4.86. The van der Waals surface area contributed by atoms with E-state index in [1.807, 2.05) is 42.5 Å². The second kappa shape index (κ2) is 8.21. The molecular formula is C20H20O4S. The Bertz CT molecular complexity index is 727. The van der Waals surface area contributed by atoms with Crippen molar-refractivity contribution >= 4 is 23.7 Å². The van der Waals surface area contributed by atoms with Gasteiger partial charge < -0.3 is 9.47 Å². The summed E-state index contributed by atoms with van der Waals surface area (Å²) < 4.78 is 10.6. The average Bonchev–Trinajstić information content (AvgIpc) is 3.07. The van der Waals surface area contributed by atoms with Crippen LogP contribution in [0.1, 0.15) is 30.1 Å². The van der Waals surface area contributed by atoms with Crippen molar-refractivity contribution in [1.82, 2.24) is 0 Å². The first kappa shape index (κ1) is 17.5. The molecule has 1 aliphatic heterocycles. The Hall–Kier alpha value is -2.27. The number of carbonyl (C=O) groups excluding carboxylic acids is 2. The van der Waals surface area contributed by atoms with Crippen LogP contribution in [0.3, 0.4) is 0 Å². The van der Waals surface area contributed by atoms with Gasteiger partial charge in [-0.25, -0.2) is 4.79 Å². The summed E-state index contributed by atoms with van der Waals surface area (Å²) in [6, 6.07) is 17.4. The number of carbonyl (C=O) groups is 2. The molecule has 2 aromatic carbocycles. The Morgan fingerprint density at radius 2 is 1.68 bits per heavy atom. The van der Waals surface area contributed by atoms with E-state index >= 15 is 0 Å². The summed E-state index contributed by atoms with van der Waals surface area (Å²) in [6.45, 7) is 1.74. The molecule has 2 aromatic rings. The predicted octanol–water partition coefficient (Wildman–Crippen LogP) is 4.30. The van der Waals surface area contributed by atoms with Crippen molar-refractivity contribution < 1.29 is 19.1 Å². The van der Waals surface area contributed by atoms with Crippen LogP contribution in [-0.2, 0) is 14.3 Å². The van der Waals surface area contributed by atoms with Crippen molar-refractivity contribution in [3.8, 4) is 11.1 Å². The van der Waals surface area contributed by atoms with Gasteiger partial charge in [-0.05, 0) is 36.1 Å². The Balaban J connectivity index is 1.51. The second-order valence-electron chi connectivity index (χ2n) is 5.92. The van der Waals surface area contributed by atoms with Gasteiger partial charge in [-0.15, -0.1) is 11.8 Å². The minimum absolute atomic E-state index is 0.119. The van der Waals surface area contributed by atoms with Crippen molar-refractivity contribution in [1.29, 1.82) is 0 Å². The molecule has 1 unspecified atom stereocenters. The molecule has 0 saturated carbocycles. The number of esters is 2. The first-order valence-corrected chi connectivity index (χ1v) is 9.21. The molecule has 0 aromatic heterocycles. The molecule has 1 heterocycles. The van der Waals surface area contributed by atoms with Crippen LogP contribution >= 0.6 is 11.8 Å². The molecule has 3 rings (SSSR count). The van der Waals surface area contributed by atoms with Crippen molar-refractivity contribution in [3.05, 3.63) is 60.2 Å². The summed E-state index contributed by atoms with van der Waals surface area (Å²) in [6.07, 6.45) is 1.68. The lowest BCUT2D eigenvalue weighted by Gasteiger charge is -2.12. The highest BCUT2D eigenvalue weighted by atomic mass is 32.2.